The first-order valence-electron chi connectivity index (χ1n) is 4.43. The van der Waals surface area contributed by atoms with Gasteiger partial charge in [-0.1, -0.05) is 0 Å². The maximum absolute atomic E-state index is 11.6. The summed E-state index contributed by atoms with van der Waals surface area (Å²) in [5, 5.41) is 4.16. The molecule has 0 aliphatic carbocycles. The minimum absolute atomic E-state index is 0.207. The van der Waals surface area contributed by atoms with E-state index in [0.29, 0.717) is 12.5 Å². The zero-order chi connectivity index (χ0) is 10.1. The summed E-state index contributed by atoms with van der Waals surface area (Å²) in [4.78, 5) is 13.5. The van der Waals surface area contributed by atoms with Crippen LogP contribution in [0.1, 0.15) is 6.42 Å². The number of thiophene rings is 1. The van der Waals surface area contributed by atoms with Crippen molar-refractivity contribution in [1.82, 2.24) is 5.32 Å². The molecule has 14 heavy (non-hydrogen) atoms. The van der Waals surface area contributed by atoms with Crippen LogP contribution in [0.5, 0.6) is 0 Å². The van der Waals surface area contributed by atoms with E-state index in [9.17, 15) is 4.79 Å². The average Bonchev–Trinajstić information content (AvgIpc) is 2.71. The van der Waals surface area contributed by atoms with Gasteiger partial charge in [0, 0.05) is 19.0 Å². The summed E-state index contributed by atoms with van der Waals surface area (Å²) >= 11 is 4.99. The van der Waals surface area contributed by atoms with Crippen molar-refractivity contribution < 1.29 is 4.79 Å². The van der Waals surface area contributed by atoms with Gasteiger partial charge in [0.15, 0.2) is 0 Å². The van der Waals surface area contributed by atoms with Crippen LogP contribution in [0.2, 0.25) is 0 Å². The van der Waals surface area contributed by atoms with Gasteiger partial charge >= 0.3 is 0 Å². The highest BCUT2D eigenvalue weighted by atomic mass is 79.9. The summed E-state index contributed by atoms with van der Waals surface area (Å²) in [5.41, 5.74) is 0. The Labute approximate surface area is 95.2 Å². The lowest BCUT2D eigenvalue weighted by Gasteiger charge is -2.13. The highest BCUT2D eigenvalue weighted by Gasteiger charge is 2.30. The predicted octanol–water partition coefficient (Wildman–Crippen LogP) is 1.84. The number of nitrogens with one attached hydrogen (secondary N) is 1. The van der Waals surface area contributed by atoms with E-state index in [4.69, 9.17) is 0 Å². The third kappa shape index (κ3) is 1.85. The number of carbonyl (C=O) groups excluding carboxylic acids is 1. The molecular formula is C9H11BrN2OS. The Morgan fingerprint density at radius 3 is 2.93 bits per heavy atom. The lowest BCUT2D eigenvalue weighted by Crippen LogP contribution is -2.29. The van der Waals surface area contributed by atoms with Crippen molar-refractivity contribution in [2.45, 2.75) is 12.5 Å². The Hall–Kier alpha value is -0.390. The average molecular weight is 275 g/mol. The fourth-order valence-corrected chi connectivity index (χ4v) is 2.95. The predicted molar refractivity (Wildman–Crippen MR) is 61.8 cm³/mol. The van der Waals surface area contributed by atoms with Crippen molar-refractivity contribution in [1.29, 1.82) is 0 Å². The summed E-state index contributed by atoms with van der Waals surface area (Å²) in [7, 11) is 1.89. The van der Waals surface area contributed by atoms with E-state index in [2.05, 4.69) is 21.2 Å². The summed E-state index contributed by atoms with van der Waals surface area (Å²) in [5.74, 6) is 0.207. The Balaban J connectivity index is 2.16. The molecule has 2 rings (SSSR count). The molecule has 1 unspecified atom stereocenters. The van der Waals surface area contributed by atoms with Gasteiger partial charge < -0.3 is 10.2 Å². The van der Waals surface area contributed by atoms with E-state index in [1.807, 2.05) is 24.1 Å². The quantitative estimate of drug-likeness (QED) is 0.893. The molecule has 1 saturated heterocycles. The van der Waals surface area contributed by atoms with Gasteiger partial charge in [0.2, 0.25) is 5.91 Å². The zero-order valence-corrected chi connectivity index (χ0v) is 10.2. The largest absolute Gasteiger partial charge is 0.315 e. The molecule has 2 heterocycles. The number of nitrogens with zero attached hydrogens (tertiary/aromatic N) is 1. The number of rotatable bonds is 2. The normalized spacial score (nSPS) is 22.0. The topological polar surface area (TPSA) is 32.3 Å². The van der Waals surface area contributed by atoms with Gasteiger partial charge in [-0.15, -0.1) is 11.3 Å². The summed E-state index contributed by atoms with van der Waals surface area (Å²) < 4.78 is 1.06. The first-order chi connectivity index (χ1) is 6.70. The third-order valence-corrected chi connectivity index (χ3v) is 4.00. The molecule has 1 aromatic heterocycles. The number of anilines is 1. The number of hydrogen-bond donors (Lipinski definition) is 1. The number of amides is 1. The molecule has 5 heteroatoms. The van der Waals surface area contributed by atoms with Crippen LogP contribution in [0.15, 0.2) is 15.9 Å². The number of likely N-dealkylation sites (N-methyl/N-ethyl adjacent to an activating group) is 1. The van der Waals surface area contributed by atoms with Gasteiger partial charge in [-0.05, 0) is 35.1 Å². The number of hydrogen-bond acceptors (Lipinski definition) is 3. The van der Waals surface area contributed by atoms with E-state index in [1.54, 1.807) is 11.3 Å². The van der Waals surface area contributed by atoms with Gasteiger partial charge in [-0.25, -0.2) is 0 Å². The van der Waals surface area contributed by atoms with Crippen LogP contribution in [-0.2, 0) is 4.79 Å². The Kier molecular flexibility index (Phi) is 2.90. The molecule has 0 radical (unpaired) electrons. The minimum atomic E-state index is 0.207. The van der Waals surface area contributed by atoms with Crippen molar-refractivity contribution >= 4 is 38.2 Å². The molecule has 0 spiro atoms. The standard InChI is InChI=1S/C9H11BrN2OS/c1-11-6-4-8(13)12(5-6)9-3-2-7(10)14-9/h2-3,6,11H,4-5H2,1H3. The fourth-order valence-electron chi connectivity index (χ4n) is 1.56. The molecule has 1 amide bonds. The van der Waals surface area contributed by atoms with Crippen molar-refractivity contribution in [3.05, 3.63) is 15.9 Å². The van der Waals surface area contributed by atoms with Gasteiger partial charge in [0.25, 0.3) is 0 Å². The second-order valence-electron chi connectivity index (χ2n) is 3.27. The number of halogens is 1. The van der Waals surface area contributed by atoms with E-state index in [-0.39, 0.29) is 5.91 Å². The molecule has 1 fully saturated rings. The molecule has 1 aliphatic heterocycles. The molecule has 1 atom stereocenters. The molecule has 3 nitrogen and oxygen atoms in total. The Morgan fingerprint density at radius 2 is 2.43 bits per heavy atom. The van der Waals surface area contributed by atoms with Crippen LogP contribution in [0.25, 0.3) is 0 Å². The monoisotopic (exact) mass is 274 g/mol. The van der Waals surface area contributed by atoms with E-state index >= 15 is 0 Å². The zero-order valence-electron chi connectivity index (χ0n) is 7.79. The lowest BCUT2D eigenvalue weighted by molar-refractivity contribution is -0.117. The molecular weight excluding hydrogens is 264 g/mol. The molecule has 1 aliphatic rings. The summed E-state index contributed by atoms with van der Waals surface area (Å²) in [6.45, 7) is 0.780. The Bertz CT molecular complexity index is 352. The third-order valence-electron chi connectivity index (χ3n) is 2.36. The first-order valence-corrected chi connectivity index (χ1v) is 6.04. The van der Waals surface area contributed by atoms with Crippen molar-refractivity contribution in [2.75, 3.05) is 18.5 Å². The molecule has 1 N–H and O–H groups in total. The summed E-state index contributed by atoms with van der Waals surface area (Å²) in [6.07, 6.45) is 0.603. The fraction of sp³-hybridized carbons (Fsp3) is 0.444. The van der Waals surface area contributed by atoms with Crippen molar-refractivity contribution in [2.24, 2.45) is 0 Å². The number of carbonyl (C=O) groups is 1. The molecule has 0 saturated carbocycles. The van der Waals surface area contributed by atoms with Crippen LogP contribution in [0.3, 0.4) is 0 Å². The van der Waals surface area contributed by atoms with Gasteiger partial charge in [0.05, 0.1) is 8.79 Å². The van der Waals surface area contributed by atoms with Gasteiger partial charge in [-0.3, -0.25) is 4.79 Å². The summed E-state index contributed by atoms with van der Waals surface area (Å²) in [6, 6.07) is 4.24. The van der Waals surface area contributed by atoms with Crippen LogP contribution in [0, 0.1) is 0 Å². The van der Waals surface area contributed by atoms with Crippen LogP contribution in [0.4, 0.5) is 5.00 Å². The second-order valence-corrected chi connectivity index (χ2v) is 5.71. The van der Waals surface area contributed by atoms with E-state index in [0.717, 1.165) is 15.3 Å². The lowest BCUT2D eigenvalue weighted by atomic mass is 10.3. The highest BCUT2D eigenvalue weighted by molar-refractivity contribution is 9.11. The van der Waals surface area contributed by atoms with Crippen LogP contribution in [-0.4, -0.2) is 25.5 Å². The minimum Gasteiger partial charge on any atom is -0.315 e. The van der Waals surface area contributed by atoms with Crippen molar-refractivity contribution in [3.8, 4) is 0 Å². The van der Waals surface area contributed by atoms with Gasteiger partial charge in [-0.2, -0.15) is 0 Å². The highest BCUT2D eigenvalue weighted by Crippen LogP contribution is 2.32. The smallest absolute Gasteiger partial charge is 0.229 e. The molecule has 1 aromatic rings. The maximum atomic E-state index is 11.6. The van der Waals surface area contributed by atoms with Crippen LogP contribution < -0.4 is 10.2 Å². The van der Waals surface area contributed by atoms with E-state index < -0.39 is 0 Å². The SMILES string of the molecule is CNC1CC(=O)N(c2ccc(Br)s2)C1. The Morgan fingerprint density at radius 1 is 1.64 bits per heavy atom. The molecule has 0 bridgehead atoms. The first kappa shape index (κ1) is 10.1. The second kappa shape index (κ2) is 4.00. The molecule has 76 valence electrons. The van der Waals surface area contributed by atoms with Crippen LogP contribution >= 0.6 is 27.3 Å². The van der Waals surface area contributed by atoms with E-state index in [1.165, 1.54) is 0 Å². The van der Waals surface area contributed by atoms with Gasteiger partial charge in [0.1, 0.15) is 0 Å². The maximum Gasteiger partial charge on any atom is 0.229 e. The molecule has 0 aromatic carbocycles. The van der Waals surface area contributed by atoms with Crippen molar-refractivity contribution in [3.63, 3.8) is 0 Å².